The number of hydrogen-bond acceptors (Lipinski definition) is 5. The van der Waals surface area contributed by atoms with Crippen LogP contribution >= 0.6 is 11.3 Å². The Morgan fingerprint density at radius 2 is 2.33 bits per heavy atom. The number of nitrogens with one attached hydrogen (secondary N) is 2. The van der Waals surface area contributed by atoms with E-state index in [1.165, 1.54) is 23.5 Å². The van der Waals surface area contributed by atoms with E-state index in [2.05, 4.69) is 22.1 Å². The van der Waals surface area contributed by atoms with Gasteiger partial charge in [-0.15, -0.1) is 11.3 Å². The molecule has 0 unspecified atom stereocenters. The van der Waals surface area contributed by atoms with Crippen molar-refractivity contribution in [2.24, 2.45) is 5.73 Å². The summed E-state index contributed by atoms with van der Waals surface area (Å²) in [5, 5.41) is 15.1. The molecular weight excluding hydrogens is 292 g/mol. The molecule has 0 bridgehead atoms. The number of nitrogens with zero attached hydrogens (tertiary/aromatic N) is 1. The lowest BCUT2D eigenvalue weighted by Crippen LogP contribution is -2.22. The van der Waals surface area contributed by atoms with Gasteiger partial charge in [0.25, 0.3) is 5.91 Å². The average molecular weight is 304 g/mol. The first-order valence-corrected chi connectivity index (χ1v) is 6.86. The number of hydrogen-bond donors (Lipinski definition) is 3. The molecule has 1 amide bonds. The minimum Gasteiger partial charge on any atom is -0.358 e. The smallest absolute Gasteiger partial charge is 0.321 e. The molecule has 0 fully saturated rings. The van der Waals surface area contributed by atoms with Gasteiger partial charge in [-0.25, -0.2) is 4.98 Å². The SMILES string of the molecule is NCC#Cc1csc(CNC(=O)c2ccc([N+](=O)[O-])[nH]2)c1. The summed E-state index contributed by atoms with van der Waals surface area (Å²) in [5.41, 5.74) is 6.30. The number of aromatic amines is 1. The first-order chi connectivity index (χ1) is 10.1. The van der Waals surface area contributed by atoms with Gasteiger partial charge in [0.2, 0.25) is 0 Å². The number of thiophene rings is 1. The third kappa shape index (κ3) is 3.92. The van der Waals surface area contributed by atoms with Crippen LogP contribution in [0.1, 0.15) is 20.9 Å². The van der Waals surface area contributed by atoms with Gasteiger partial charge >= 0.3 is 5.82 Å². The van der Waals surface area contributed by atoms with Gasteiger partial charge in [0.05, 0.1) is 13.1 Å². The minimum atomic E-state index is -0.585. The van der Waals surface area contributed by atoms with Gasteiger partial charge in [0.15, 0.2) is 5.69 Å². The van der Waals surface area contributed by atoms with Gasteiger partial charge in [0, 0.05) is 21.9 Å². The first-order valence-electron chi connectivity index (χ1n) is 5.98. The molecule has 108 valence electrons. The molecule has 0 aliphatic rings. The molecule has 2 heterocycles. The second-order valence-electron chi connectivity index (χ2n) is 4.00. The second kappa shape index (κ2) is 6.69. The number of amides is 1. The van der Waals surface area contributed by atoms with E-state index >= 15 is 0 Å². The van der Waals surface area contributed by atoms with Gasteiger partial charge in [-0.05, 0) is 17.1 Å². The van der Waals surface area contributed by atoms with Crippen molar-refractivity contribution in [3.8, 4) is 11.8 Å². The lowest BCUT2D eigenvalue weighted by molar-refractivity contribution is -0.389. The average Bonchev–Trinajstić information content (AvgIpc) is 3.11. The first kappa shape index (κ1) is 14.8. The Morgan fingerprint density at radius 3 is 3.00 bits per heavy atom. The van der Waals surface area contributed by atoms with Crippen molar-refractivity contribution in [1.82, 2.24) is 10.3 Å². The van der Waals surface area contributed by atoms with Crippen LogP contribution in [0, 0.1) is 22.0 Å². The van der Waals surface area contributed by atoms with Crippen LogP contribution in [0.3, 0.4) is 0 Å². The topological polar surface area (TPSA) is 114 Å². The van der Waals surface area contributed by atoms with Crippen LogP contribution in [-0.2, 0) is 6.54 Å². The third-order valence-electron chi connectivity index (χ3n) is 2.52. The van der Waals surface area contributed by atoms with Crippen LogP contribution in [0.15, 0.2) is 23.6 Å². The van der Waals surface area contributed by atoms with E-state index in [1.54, 1.807) is 0 Å². The van der Waals surface area contributed by atoms with Gasteiger partial charge in [-0.2, -0.15) is 0 Å². The maximum atomic E-state index is 11.8. The summed E-state index contributed by atoms with van der Waals surface area (Å²) >= 11 is 1.47. The molecule has 0 saturated carbocycles. The monoisotopic (exact) mass is 304 g/mol. The van der Waals surface area contributed by atoms with E-state index in [4.69, 9.17) is 5.73 Å². The molecule has 2 aromatic heterocycles. The maximum absolute atomic E-state index is 11.8. The Balaban J connectivity index is 1.94. The number of carbonyl (C=O) groups is 1. The van der Waals surface area contributed by atoms with E-state index in [9.17, 15) is 14.9 Å². The molecule has 2 rings (SSSR count). The number of nitro groups is 1. The molecule has 0 atom stereocenters. The molecular formula is C13H12N4O3S. The van der Waals surface area contributed by atoms with Gasteiger partial charge in [0.1, 0.15) is 0 Å². The minimum absolute atomic E-state index is 0.154. The van der Waals surface area contributed by atoms with Gasteiger partial charge in [-0.3, -0.25) is 4.79 Å². The van der Waals surface area contributed by atoms with Crippen molar-refractivity contribution < 1.29 is 9.72 Å². The summed E-state index contributed by atoms with van der Waals surface area (Å²) in [5.74, 6) is 5.04. The van der Waals surface area contributed by atoms with Gasteiger partial charge < -0.3 is 21.2 Å². The molecule has 4 N–H and O–H groups in total. The van der Waals surface area contributed by atoms with Crippen molar-refractivity contribution in [3.63, 3.8) is 0 Å². The van der Waals surface area contributed by atoms with Gasteiger partial charge in [-0.1, -0.05) is 11.8 Å². The zero-order valence-electron chi connectivity index (χ0n) is 10.9. The maximum Gasteiger partial charge on any atom is 0.321 e. The second-order valence-corrected chi connectivity index (χ2v) is 5.00. The third-order valence-corrected chi connectivity index (χ3v) is 3.46. The highest BCUT2D eigenvalue weighted by Crippen LogP contribution is 2.14. The van der Waals surface area contributed by atoms with Crippen LogP contribution in [0.5, 0.6) is 0 Å². The molecule has 21 heavy (non-hydrogen) atoms. The van der Waals surface area contributed by atoms with Crippen LogP contribution in [0.25, 0.3) is 0 Å². The molecule has 2 aromatic rings. The summed E-state index contributed by atoms with van der Waals surface area (Å²) in [6.07, 6.45) is 0. The zero-order valence-corrected chi connectivity index (χ0v) is 11.7. The Bertz CT molecular complexity index is 723. The molecule has 7 nitrogen and oxygen atoms in total. The number of rotatable bonds is 4. The zero-order chi connectivity index (χ0) is 15.2. The summed E-state index contributed by atoms with van der Waals surface area (Å²) in [4.78, 5) is 25.1. The van der Waals surface area contributed by atoms with Crippen molar-refractivity contribution >= 4 is 23.1 Å². The Hall–Kier alpha value is -2.63. The molecule has 0 radical (unpaired) electrons. The summed E-state index contributed by atoms with van der Waals surface area (Å²) in [7, 11) is 0. The number of H-pyrrole nitrogens is 1. The Kier molecular flexibility index (Phi) is 4.71. The van der Waals surface area contributed by atoms with E-state index in [0.717, 1.165) is 10.4 Å². The molecule has 0 aliphatic carbocycles. The van der Waals surface area contributed by atoms with E-state index in [0.29, 0.717) is 13.1 Å². The molecule has 0 aromatic carbocycles. The highest BCUT2D eigenvalue weighted by molar-refractivity contribution is 7.10. The van der Waals surface area contributed by atoms with Crippen LogP contribution in [-0.4, -0.2) is 22.4 Å². The van der Waals surface area contributed by atoms with E-state index in [-0.39, 0.29) is 11.5 Å². The van der Waals surface area contributed by atoms with Crippen molar-refractivity contribution in [3.05, 3.63) is 49.8 Å². The fourth-order valence-corrected chi connectivity index (χ4v) is 2.33. The summed E-state index contributed by atoms with van der Waals surface area (Å²) < 4.78 is 0. The molecule has 0 aliphatic heterocycles. The van der Waals surface area contributed by atoms with Crippen LogP contribution < -0.4 is 11.1 Å². The number of aromatic nitrogens is 1. The fourth-order valence-electron chi connectivity index (χ4n) is 1.58. The molecule has 0 spiro atoms. The highest BCUT2D eigenvalue weighted by Gasteiger charge is 2.15. The number of nitrogens with two attached hydrogens (primary N) is 1. The summed E-state index contributed by atoms with van der Waals surface area (Å²) in [6, 6.07) is 4.49. The Labute approximate surface area is 124 Å². The van der Waals surface area contributed by atoms with E-state index in [1.807, 2.05) is 11.4 Å². The predicted octanol–water partition coefficient (Wildman–Crippen LogP) is 1.22. The fraction of sp³-hybridized carbons (Fsp3) is 0.154. The van der Waals surface area contributed by atoms with Crippen molar-refractivity contribution in [2.75, 3.05) is 6.54 Å². The lowest BCUT2D eigenvalue weighted by Gasteiger charge is -1.99. The predicted molar refractivity (Wildman–Crippen MR) is 78.9 cm³/mol. The molecule has 0 saturated heterocycles. The van der Waals surface area contributed by atoms with E-state index < -0.39 is 10.8 Å². The quantitative estimate of drug-likeness (QED) is 0.447. The van der Waals surface area contributed by atoms with Crippen LogP contribution in [0.2, 0.25) is 0 Å². The largest absolute Gasteiger partial charge is 0.358 e. The van der Waals surface area contributed by atoms with Crippen molar-refractivity contribution in [2.45, 2.75) is 6.54 Å². The summed E-state index contributed by atoms with van der Waals surface area (Å²) in [6.45, 7) is 0.633. The normalized spacial score (nSPS) is 9.76. The Morgan fingerprint density at radius 1 is 1.52 bits per heavy atom. The number of carbonyl (C=O) groups excluding carboxylic acids is 1. The van der Waals surface area contributed by atoms with Crippen molar-refractivity contribution in [1.29, 1.82) is 0 Å². The molecule has 8 heteroatoms. The highest BCUT2D eigenvalue weighted by atomic mass is 32.1. The van der Waals surface area contributed by atoms with Crippen LogP contribution in [0.4, 0.5) is 5.82 Å². The standard InChI is InChI=1S/C13H12N4O3S/c14-5-1-2-9-6-10(21-8-9)7-15-13(18)11-3-4-12(16-11)17(19)20/h3-4,6,8,16H,5,7,14H2,(H,15,18). The lowest BCUT2D eigenvalue weighted by atomic mass is 10.3.